The highest BCUT2D eigenvalue weighted by atomic mass is 16.1. The fourth-order valence-corrected chi connectivity index (χ4v) is 2.28. The van der Waals surface area contributed by atoms with Gasteiger partial charge in [0.25, 0.3) is 0 Å². The van der Waals surface area contributed by atoms with E-state index in [4.69, 9.17) is 0 Å². The Labute approximate surface area is 81.3 Å². The predicted octanol–water partition coefficient (Wildman–Crippen LogP) is 2.23. The average molecular weight is 183 g/mol. The van der Waals surface area contributed by atoms with Crippen molar-refractivity contribution in [2.24, 2.45) is 0 Å². The van der Waals surface area contributed by atoms with Crippen molar-refractivity contribution < 1.29 is 4.79 Å². The minimum atomic E-state index is -0.152. The molecule has 1 fully saturated rings. The summed E-state index contributed by atoms with van der Waals surface area (Å²) in [4.78, 5) is 13.5. The van der Waals surface area contributed by atoms with Gasteiger partial charge >= 0.3 is 0 Å². The summed E-state index contributed by atoms with van der Waals surface area (Å²) in [5.41, 5.74) is -0.152. The quantitative estimate of drug-likeness (QED) is 0.623. The van der Waals surface area contributed by atoms with Crippen molar-refractivity contribution in [1.29, 1.82) is 0 Å². The minimum absolute atomic E-state index is 0.152. The Morgan fingerprint density at radius 1 is 1.15 bits per heavy atom. The van der Waals surface area contributed by atoms with Gasteiger partial charge in [-0.25, -0.2) is 0 Å². The van der Waals surface area contributed by atoms with Crippen molar-refractivity contribution in [1.82, 2.24) is 4.90 Å². The summed E-state index contributed by atoms with van der Waals surface area (Å²) in [6.45, 7) is 6.46. The summed E-state index contributed by atoms with van der Waals surface area (Å²) in [6, 6.07) is 0. The fourth-order valence-electron chi connectivity index (χ4n) is 2.28. The molecule has 0 bridgehead atoms. The first-order valence-corrected chi connectivity index (χ1v) is 5.50. The lowest BCUT2D eigenvalue weighted by atomic mass is 9.90. The monoisotopic (exact) mass is 183 g/mol. The average Bonchev–Trinajstić information content (AvgIpc) is 2.23. The van der Waals surface area contributed by atoms with Crippen LogP contribution in [0.1, 0.15) is 46.0 Å². The van der Waals surface area contributed by atoms with Crippen LogP contribution in [-0.2, 0) is 4.79 Å². The second-order valence-corrected chi connectivity index (χ2v) is 3.98. The van der Waals surface area contributed by atoms with Gasteiger partial charge in [0.05, 0.1) is 5.54 Å². The Morgan fingerprint density at radius 2 is 1.69 bits per heavy atom. The van der Waals surface area contributed by atoms with E-state index >= 15 is 0 Å². The van der Waals surface area contributed by atoms with Gasteiger partial charge in [-0.3, -0.25) is 4.90 Å². The Balaban J connectivity index is 2.66. The number of hydrogen-bond donors (Lipinski definition) is 0. The van der Waals surface area contributed by atoms with Gasteiger partial charge in [-0.15, -0.1) is 0 Å². The summed E-state index contributed by atoms with van der Waals surface area (Å²) in [5.74, 6) is 0. The Morgan fingerprint density at radius 3 is 2.08 bits per heavy atom. The van der Waals surface area contributed by atoms with Gasteiger partial charge < -0.3 is 4.79 Å². The Kier molecular flexibility index (Phi) is 3.91. The van der Waals surface area contributed by atoms with Crippen molar-refractivity contribution >= 4 is 6.29 Å². The van der Waals surface area contributed by atoms with Crippen LogP contribution in [0.15, 0.2) is 0 Å². The molecule has 1 aliphatic heterocycles. The molecule has 0 unspecified atom stereocenters. The third-order valence-corrected chi connectivity index (χ3v) is 3.43. The zero-order valence-electron chi connectivity index (χ0n) is 8.88. The van der Waals surface area contributed by atoms with Crippen LogP contribution in [0.4, 0.5) is 0 Å². The first-order valence-electron chi connectivity index (χ1n) is 5.50. The zero-order valence-corrected chi connectivity index (χ0v) is 8.88. The number of rotatable bonds is 4. The van der Waals surface area contributed by atoms with Crippen molar-refractivity contribution in [2.45, 2.75) is 51.5 Å². The van der Waals surface area contributed by atoms with Crippen molar-refractivity contribution in [3.8, 4) is 0 Å². The summed E-state index contributed by atoms with van der Waals surface area (Å²) in [7, 11) is 0. The lowest BCUT2D eigenvalue weighted by Gasteiger charge is -2.41. The summed E-state index contributed by atoms with van der Waals surface area (Å²) >= 11 is 0. The first kappa shape index (κ1) is 10.7. The normalized spacial score (nSPS) is 20.2. The molecule has 76 valence electrons. The van der Waals surface area contributed by atoms with E-state index in [1.54, 1.807) is 0 Å². The van der Waals surface area contributed by atoms with E-state index in [1.165, 1.54) is 25.5 Å². The molecule has 0 amide bonds. The van der Waals surface area contributed by atoms with Crippen LogP contribution < -0.4 is 0 Å². The van der Waals surface area contributed by atoms with E-state index in [-0.39, 0.29) is 5.54 Å². The van der Waals surface area contributed by atoms with Gasteiger partial charge in [0.2, 0.25) is 0 Å². The molecular formula is C11H21NO. The molecule has 0 saturated carbocycles. The van der Waals surface area contributed by atoms with E-state index in [0.29, 0.717) is 0 Å². The molecule has 0 aromatic carbocycles. The molecule has 0 spiro atoms. The number of piperidine rings is 1. The third kappa shape index (κ3) is 2.11. The predicted molar refractivity (Wildman–Crippen MR) is 54.8 cm³/mol. The topological polar surface area (TPSA) is 20.3 Å². The summed E-state index contributed by atoms with van der Waals surface area (Å²) < 4.78 is 0. The van der Waals surface area contributed by atoms with E-state index in [0.717, 1.165) is 25.9 Å². The van der Waals surface area contributed by atoms with E-state index in [1.807, 2.05) is 0 Å². The van der Waals surface area contributed by atoms with Crippen LogP contribution in [-0.4, -0.2) is 29.8 Å². The fraction of sp³-hybridized carbons (Fsp3) is 0.909. The Bertz CT molecular complexity index is 157. The molecule has 2 heteroatoms. The molecule has 13 heavy (non-hydrogen) atoms. The molecule has 0 radical (unpaired) electrons. The molecule has 2 nitrogen and oxygen atoms in total. The van der Waals surface area contributed by atoms with E-state index < -0.39 is 0 Å². The standard InChI is InChI=1S/C11H21NO/c1-3-11(4-2,10-13)12-8-6-5-7-9-12/h10H,3-9H2,1-2H3. The van der Waals surface area contributed by atoms with Crippen LogP contribution in [0.5, 0.6) is 0 Å². The maximum absolute atomic E-state index is 11.1. The number of aldehydes is 1. The lowest BCUT2D eigenvalue weighted by molar-refractivity contribution is -0.120. The number of carbonyl (C=O) groups is 1. The summed E-state index contributed by atoms with van der Waals surface area (Å²) in [6.07, 6.45) is 6.92. The molecule has 1 saturated heterocycles. The molecule has 1 heterocycles. The van der Waals surface area contributed by atoms with Crippen LogP contribution in [0, 0.1) is 0 Å². The minimum Gasteiger partial charge on any atom is -0.301 e. The van der Waals surface area contributed by atoms with E-state index in [2.05, 4.69) is 18.7 Å². The lowest BCUT2D eigenvalue weighted by Crippen LogP contribution is -2.51. The third-order valence-electron chi connectivity index (χ3n) is 3.43. The van der Waals surface area contributed by atoms with Gasteiger partial charge in [0, 0.05) is 0 Å². The van der Waals surface area contributed by atoms with Crippen LogP contribution >= 0.6 is 0 Å². The van der Waals surface area contributed by atoms with Gasteiger partial charge in [0.1, 0.15) is 6.29 Å². The van der Waals surface area contributed by atoms with Crippen molar-refractivity contribution in [3.63, 3.8) is 0 Å². The smallest absolute Gasteiger partial charge is 0.140 e. The van der Waals surface area contributed by atoms with E-state index in [9.17, 15) is 4.79 Å². The SMILES string of the molecule is CCC(C=O)(CC)N1CCCCC1. The number of likely N-dealkylation sites (tertiary alicyclic amines) is 1. The van der Waals surface area contributed by atoms with Crippen molar-refractivity contribution in [2.75, 3.05) is 13.1 Å². The molecule has 1 rings (SSSR count). The van der Waals surface area contributed by atoms with Gasteiger partial charge in [-0.05, 0) is 38.8 Å². The van der Waals surface area contributed by atoms with Gasteiger partial charge in [-0.2, -0.15) is 0 Å². The molecule has 0 N–H and O–H groups in total. The highest BCUT2D eigenvalue weighted by Gasteiger charge is 2.33. The molecule has 0 atom stereocenters. The second kappa shape index (κ2) is 4.75. The first-order chi connectivity index (χ1) is 6.29. The maximum atomic E-state index is 11.1. The molecule has 0 aromatic heterocycles. The molecule has 0 aromatic rings. The highest BCUT2D eigenvalue weighted by molar-refractivity contribution is 5.64. The largest absolute Gasteiger partial charge is 0.301 e. The van der Waals surface area contributed by atoms with Crippen molar-refractivity contribution in [3.05, 3.63) is 0 Å². The van der Waals surface area contributed by atoms with Crippen LogP contribution in [0.25, 0.3) is 0 Å². The van der Waals surface area contributed by atoms with Crippen LogP contribution in [0.2, 0.25) is 0 Å². The molecule has 0 aliphatic carbocycles. The molecule has 1 aliphatic rings. The zero-order chi connectivity index (χ0) is 9.73. The summed E-state index contributed by atoms with van der Waals surface area (Å²) in [5, 5.41) is 0. The van der Waals surface area contributed by atoms with Gasteiger partial charge in [-0.1, -0.05) is 20.3 Å². The van der Waals surface area contributed by atoms with Gasteiger partial charge in [0.15, 0.2) is 0 Å². The number of carbonyl (C=O) groups excluding carboxylic acids is 1. The maximum Gasteiger partial charge on any atom is 0.140 e. The highest BCUT2D eigenvalue weighted by Crippen LogP contribution is 2.25. The van der Waals surface area contributed by atoms with Crippen LogP contribution in [0.3, 0.4) is 0 Å². The Hall–Kier alpha value is -0.370. The molecular weight excluding hydrogens is 162 g/mol. The second-order valence-electron chi connectivity index (χ2n) is 3.98. The number of nitrogens with zero attached hydrogens (tertiary/aromatic N) is 1. The number of hydrogen-bond acceptors (Lipinski definition) is 2.